The standard InChI is InChI=1S/C14H10BFO3/c16-12-4-5-13-10(7-12)8-19-15(13)11-3-1-2-9(6-11)14(17)18/h1-7H,8H2,(H,17,18). The number of fused-ring (bicyclic) bond motifs is 1. The SMILES string of the molecule is O=C(O)c1cccc(B2OCc3cc(F)ccc32)c1. The molecular formula is C14H10BFO3. The van der Waals surface area contributed by atoms with Crippen LogP contribution < -0.4 is 10.9 Å². The van der Waals surface area contributed by atoms with Crippen LogP contribution in [0.4, 0.5) is 4.39 Å². The van der Waals surface area contributed by atoms with Gasteiger partial charge in [-0.1, -0.05) is 24.3 Å². The summed E-state index contributed by atoms with van der Waals surface area (Å²) in [5.41, 5.74) is 2.69. The highest BCUT2D eigenvalue weighted by molar-refractivity contribution is 6.81. The summed E-state index contributed by atoms with van der Waals surface area (Å²) in [4.78, 5) is 11.0. The maximum absolute atomic E-state index is 13.1. The Labute approximate surface area is 109 Å². The quantitative estimate of drug-likeness (QED) is 0.820. The first kappa shape index (κ1) is 11.9. The molecule has 0 spiro atoms. The van der Waals surface area contributed by atoms with Gasteiger partial charge >= 0.3 is 12.9 Å². The molecule has 2 aromatic carbocycles. The molecule has 19 heavy (non-hydrogen) atoms. The maximum atomic E-state index is 13.1. The van der Waals surface area contributed by atoms with E-state index >= 15 is 0 Å². The third kappa shape index (κ3) is 2.13. The lowest BCUT2D eigenvalue weighted by molar-refractivity contribution is 0.0697. The normalized spacial score (nSPS) is 13.4. The highest BCUT2D eigenvalue weighted by Gasteiger charge is 2.30. The summed E-state index contributed by atoms with van der Waals surface area (Å²) in [7, 11) is 0. The average molecular weight is 256 g/mol. The molecule has 0 unspecified atom stereocenters. The molecule has 1 aliphatic rings. The summed E-state index contributed by atoms with van der Waals surface area (Å²) in [5.74, 6) is -1.26. The van der Waals surface area contributed by atoms with Crippen LogP contribution in [0.2, 0.25) is 0 Å². The molecule has 0 radical (unpaired) electrons. The fraction of sp³-hybridized carbons (Fsp3) is 0.0714. The predicted octanol–water partition coefficient (Wildman–Crippen LogP) is 1.16. The summed E-state index contributed by atoms with van der Waals surface area (Å²) in [6, 6.07) is 11.2. The molecule has 0 saturated carbocycles. The van der Waals surface area contributed by atoms with Crippen molar-refractivity contribution < 1.29 is 18.9 Å². The van der Waals surface area contributed by atoms with Gasteiger partial charge in [-0.2, -0.15) is 0 Å². The Bertz CT molecular complexity index is 657. The Morgan fingerprint density at radius 3 is 2.89 bits per heavy atom. The highest BCUT2D eigenvalue weighted by atomic mass is 19.1. The van der Waals surface area contributed by atoms with Crippen LogP contribution in [-0.2, 0) is 11.3 Å². The molecule has 1 aliphatic heterocycles. The van der Waals surface area contributed by atoms with Gasteiger partial charge in [-0.05, 0) is 34.7 Å². The summed E-state index contributed by atoms with van der Waals surface area (Å²) in [6.45, 7) is 0.0182. The van der Waals surface area contributed by atoms with E-state index < -0.39 is 5.97 Å². The first-order valence-corrected chi connectivity index (χ1v) is 5.88. The van der Waals surface area contributed by atoms with E-state index in [2.05, 4.69) is 0 Å². The minimum atomic E-state index is -0.973. The van der Waals surface area contributed by atoms with E-state index in [-0.39, 0.29) is 18.3 Å². The number of carbonyl (C=O) groups is 1. The number of halogens is 1. The van der Waals surface area contributed by atoms with Crippen LogP contribution >= 0.6 is 0 Å². The summed E-state index contributed by atoms with van der Waals surface area (Å²) >= 11 is 0. The first-order valence-electron chi connectivity index (χ1n) is 5.88. The maximum Gasteiger partial charge on any atom is 0.362 e. The van der Waals surface area contributed by atoms with E-state index in [0.29, 0.717) is 6.61 Å². The number of carboxylic acids is 1. The van der Waals surface area contributed by atoms with Crippen LogP contribution in [-0.4, -0.2) is 18.0 Å². The van der Waals surface area contributed by atoms with Gasteiger partial charge in [-0.25, -0.2) is 9.18 Å². The molecule has 5 heteroatoms. The molecule has 0 amide bonds. The fourth-order valence-electron chi connectivity index (χ4n) is 2.33. The number of benzene rings is 2. The Kier molecular flexibility index (Phi) is 2.83. The van der Waals surface area contributed by atoms with Gasteiger partial charge in [-0.3, -0.25) is 0 Å². The van der Waals surface area contributed by atoms with Crippen molar-refractivity contribution in [3.05, 3.63) is 59.4 Å². The summed E-state index contributed by atoms with van der Waals surface area (Å²) in [6.07, 6.45) is 0. The fourth-order valence-corrected chi connectivity index (χ4v) is 2.33. The van der Waals surface area contributed by atoms with Crippen LogP contribution in [0.15, 0.2) is 42.5 Å². The van der Waals surface area contributed by atoms with E-state index in [1.165, 1.54) is 18.2 Å². The van der Waals surface area contributed by atoms with E-state index in [1.807, 2.05) is 6.07 Å². The second-order valence-electron chi connectivity index (χ2n) is 4.46. The first-order chi connectivity index (χ1) is 9.15. The minimum absolute atomic E-state index is 0.219. The van der Waals surface area contributed by atoms with Crippen molar-refractivity contribution in [1.82, 2.24) is 0 Å². The van der Waals surface area contributed by atoms with E-state index in [1.54, 1.807) is 18.2 Å². The lowest BCUT2D eigenvalue weighted by Gasteiger charge is -2.08. The zero-order valence-corrected chi connectivity index (χ0v) is 9.97. The highest BCUT2D eigenvalue weighted by Crippen LogP contribution is 2.13. The smallest absolute Gasteiger partial charge is 0.362 e. The zero-order chi connectivity index (χ0) is 13.4. The van der Waals surface area contributed by atoms with Crippen molar-refractivity contribution in [2.75, 3.05) is 0 Å². The van der Waals surface area contributed by atoms with Crippen LogP contribution in [0.3, 0.4) is 0 Å². The summed E-state index contributed by atoms with van der Waals surface area (Å²) < 4.78 is 18.8. The number of hydrogen-bond acceptors (Lipinski definition) is 2. The molecule has 0 fully saturated rings. The van der Waals surface area contributed by atoms with Crippen molar-refractivity contribution in [1.29, 1.82) is 0 Å². The van der Waals surface area contributed by atoms with Crippen LogP contribution in [0.25, 0.3) is 0 Å². The molecule has 3 nitrogen and oxygen atoms in total. The number of carboxylic acid groups (broad SMARTS) is 1. The monoisotopic (exact) mass is 256 g/mol. The van der Waals surface area contributed by atoms with Gasteiger partial charge in [0.15, 0.2) is 0 Å². The Balaban J connectivity index is 2.02. The van der Waals surface area contributed by atoms with Crippen molar-refractivity contribution >= 4 is 23.8 Å². The molecule has 2 aromatic rings. The largest absolute Gasteiger partial charge is 0.478 e. The van der Waals surface area contributed by atoms with Crippen LogP contribution in [0.1, 0.15) is 15.9 Å². The second kappa shape index (κ2) is 4.51. The number of aromatic carboxylic acids is 1. The average Bonchev–Trinajstić information content (AvgIpc) is 2.81. The molecule has 0 aliphatic carbocycles. The molecule has 94 valence electrons. The molecule has 1 N–H and O–H groups in total. The molecule has 0 saturated heterocycles. The van der Waals surface area contributed by atoms with Gasteiger partial charge in [0.2, 0.25) is 0 Å². The topological polar surface area (TPSA) is 46.5 Å². The minimum Gasteiger partial charge on any atom is -0.478 e. The third-order valence-corrected chi connectivity index (χ3v) is 3.23. The van der Waals surface area contributed by atoms with Crippen molar-refractivity contribution in [3.63, 3.8) is 0 Å². The van der Waals surface area contributed by atoms with Crippen LogP contribution in [0.5, 0.6) is 0 Å². The van der Waals surface area contributed by atoms with E-state index in [0.717, 1.165) is 16.5 Å². The lowest BCUT2D eigenvalue weighted by atomic mass is 9.55. The van der Waals surface area contributed by atoms with Crippen molar-refractivity contribution in [3.8, 4) is 0 Å². The van der Waals surface area contributed by atoms with Gasteiger partial charge in [0.1, 0.15) is 5.82 Å². The van der Waals surface area contributed by atoms with Gasteiger partial charge in [-0.15, -0.1) is 0 Å². The summed E-state index contributed by atoms with van der Waals surface area (Å²) in [5, 5.41) is 8.99. The van der Waals surface area contributed by atoms with Crippen molar-refractivity contribution in [2.24, 2.45) is 0 Å². The van der Waals surface area contributed by atoms with Crippen molar-refractivity contribution in [2.45, 2.75) is 6.61 Å². The second-order valence-corrected chi connectivity index (χ2v) is 4.46. The zero-order valence-electron chi connectivity index (χ0n) is 9.97. The predicted molar refractivity (Wildman–Crippen MR) is 69.6 cm³/mol. The molecular weight excluding hydrogens is 246 g/mol. The lowest BCUT2D eigenvalue weighted by Crippen LogP contribution is -2.41. The Hall–Kier alpha value is -2.14. The van der Waals surface area contributed by atoms with Gasteiger partial charge in [0.25, 0.3) is 0 Å². The molecule has 0 aromatic heterocycles. The van der Waals surface area contributed by atoms with E-state index in [4.69, 9.17) is 9.76 Å². The molecule has 1 heterocycles. The third-order valence-electron chi connectivity index (χ3n) is 3.23. The Morgan fingerprint density at radius 1 is 1.26 bits per heavy atom. The van der Waals surface area contributed by atoms with E-state index in [9.17, 15) is 9.18 Å². The number of rotatable bonds is 2. The van der Waals surface area contributed by atoms with Gasteiger partial charge in [0.05, 0.1) is 12.2 Å². The van der Waals surface area contributed by atoms with Gasteiger partial charge in [0, 0.05) is 0 Å². The molecule has 0 atom stereocenters. The molecule has 3 rings (SSSR count). The number of hydrogen-bond donors (Lipinski definition) is 1. The van der Waals surface area contributed by atoms with Gasteiger partial charge < -0.3 is 9.76 Å². The van der Waals surface area contributed by atoms with Crippen LogP contribution in [0, 0.1) is 5.82 Å². The molecule has 0 bridgehead atoms. The Morgan fingerprint density at radius 2 is 2.11 bits per heavy atom.